The van der Waals surface area contributed by atoms with Crippen LogP contribution in [0.25, 0.3) is 0 Å². The third-order valence-electron chi connectivity index (χ3n) is 3.35. The first-order valence-electron chi connectivity index (χ1n) is 7.11. The van der Waals surface area contributed by atoms with E-state index in [1.165, 1.54) is 5.56 Å². The molecule has 5 nitrogen and oxygen atoms in total. The van der Waals surface area contributed by atoms with Crippen molar-refractivity contribution in [3.8, 4) is 0 Å². The predicted octanol–water partition coefficient (Wildman–Crippen LogP) is 2.27. The van der Waals surface area contributed by atoms with Crippen LogP contribution in [-0.2, 0) is 20.1 Å². The average Bonchev–Trinajstić information content (AvgIpc) is 2.89. The normalized spacial score (nSPS) is 11.0. The molecule has 0 atom stereocenters. The summed E-state index contributed by atoms with van der Waals surface area (Å²) in [6.45, 7) is 8.23. The van der Waals surface area contributed by atoms with Gasteiger partial charge in [-0.3, -0.25) is 9.58 Å². The van der Waals surface area contributed by atoms with Gasteiger partial charge in [-0.25, -0.2) is 0 Å². The summed E-state index contributed by atoms with van der Waals surface area (Å²) < 4.78 is 1.72. The van der Waals surface area contributed by atoms with Crippen molar-refractivity contribution in [2.24, 2.45) is 7.05 Å². The average molecular weight is 273 g/mol. The lowest BCUT2D eigenvalue weighted by Gasteiger charge is -2.18. The molecule has 0 fully saturated rings. The summed E-state index contributed by atoms with van der Waals surface area (Å²) in [6, 6.07) is 8.56. The SMILES string of the molecule is CCN(CC)Cc1cccc(NCc2cn(C)nn2)c1. The summed E-state index contributed by atoms with van der Waals surface area (Å²) in [6.07, 6.45) is 1.92. The van der Waals surface area contributed by atoms with Crippen molar-refractivity contribution >= 4 is 5.69 Å². The molecule has 0 saturated heterocycles. The van der Waals surface area contributed by atoms with Crippen LogP contribution in [0.1, 0.15) is 25.1 Å². The van der Waals surface area contributed by atoms with Crippen LogP contribution in [0.4, 0.5) is 5.69 Å². The number of hydrogen-bond acceptors (Lipinski definition) is 4. The Morgan fingerprint density at radius 2 is 2.05 bits per heavy atom. The zero-order valence-corrected chi connectivity index (χ0v) is 12.5. The monoisotopic (exact) mass is 273 g/mol. The number of nitrogens with one attached hydrogen (secondary N) is 1. The van der Waals surface area contributed by atoms with Crippen LogP contribution in [0.15, 0.2) is 30.5 Å². The van der Waals surface area contributed by atoms with Crippen molar-refractivity contribution in [3.63, 3.8) is 0 Å². The summed E-state index contributed by atoms with van der Waals surface area (Å²) in [7, 11) is 1.88. The summed E-state index contributed by atoms with van der Waals surface area (Å²) in [5.41, 5.74) is 3.40. The molecule has 0 radical (unpaired) electrons. The lowest BCUT2D eigenvalue weighted by molar-refractivity contribution is 0.296. The van der Waals surface area contributed by atoms with Crippen molar-refractivity contribution in [2.45, 2.75) is 26.9 Å². The van der Waals surface area contributed by atoms with Crippen LogP contribution in [0, 0.1) is 0 Å². The Bertz CT molecular complexity index is 531. The van der Waals surface area contributed by atoms with Gasteiger partial charge >= 0.3 is 0 Å². The van der Waals surface area contributed by atoms with E-state index in [9.17, 15) is 0 Å². The Morgan fingerprint density at radius 1 is 1.25 bits per heavy atom. The highest BCUT2D eigenvalue weighted by Crippen LogP contribution is 2.13. The number of anilines is 1. The Morgan fingerprint density at radius 3 is 2.70 bits per heavy atom. The molecule has 0 aliphatic carbocycles. The fourth-order valence-electron chi connectivity index (χ4n) is 2.15. The molecule has 108 valence electrons. The molecule has 0 unspecified atom stereocenters. The number of benzene rings is 1. The van der Waals surface area contributed by atoms with Crippen molar-refractivity contribution in [1.82, 2.24) is 19.9 Å². The van der Waals surface area contributed by atoms with E-state index in [1.807, 2.05) is 13.2 Å². The molecule has 0 aliphatic rings. The van der Waals surface area contributed by atoms with Gasteiger partial charge < -0.3 is 5.32 Å². The molecular weight excluding hydrogens is 250 g/mol. The Balaban J connectivity index is 1.95. The third-order valence-corrected chi connectivity index (χ3v) is 3.35. The number of aryl methyl sites for hydroxylation is 1. The molecule has 0 bridgehead atoms. The molecule has 5 heteroatoms. The van der Waals surface area contributed by atoms with Crippen LogP contribution in [-0.4, -0.2) is 33.0 Å². The van der Waals surface area contributed by atoms with Gasteiger partial charge in [-0.2, -0.15) is 0 Å². The van der Waals surface area contributed by atoms with Crippen LogP contribution >= 0.6 is 0 Å². The zero-order chi connectivity index (χ0) is 14.4. The number of aromatic nitrogens is 3. The number of nitrogens with zero attached hydrogens (tertiary/aromatic N) is 4. The summed E-state index contributed by atoms with van der Waals surface area (Å²) in [5.74, 6) is 0. The van der Waals surface area contributed by atoms with Gasteiger partial charge in [0.05, 0.1) is 6.54 Å². The van der Waals surface area contributed by atoms with Crippen molar-refractivity contribution in [2.75, 3.05) is 18.4 Å². The Kier molecular flexibility index (Phi) is 5.12. The second kappa shape index (κ2) is 7.05. The molecule has 2 rings (SSSR count). The van der Waals surface area contributed by atoms with E-state index in [0.29, 0.717) is 6.54 Å². The van der Waals surface area contributed by atoms with E-state index in [0.717, 1.165) is 31.0 Å². The molecule has 1 heterocycles. The van der Waals surface area contributed by atoms with Crippen molar-refractivity contribution < 1.29 is 0 Å². The minimum Gasteiger partial charge on any atom is -0.379 e. The van der Waals surface area contributed by atoms with Gasteiger partial charge in [-0.05, 0) is 30.8 Å². The van der Waals surface area contributed by atoms with Crippen LogP contribution in [0.3, 0.4) is 0 Å². The van der Waals surface area contributed by atoms with Gasteiger partial charge in [0.15, 0.2) is 0 Å². The zero-order valence-electron chi connectivity index (χ0n) is 12.5. The van der Waals surface area contributed by atoms with Gasteiger partial charge in [0.2, 0.25) is 0 Å². The molecule has 1 aromatic heterocycles. The first kappa shape index (κ1) is 14.5. The first-order valence-corrected chi connectivity index (χ1v) is 7.11. The molecule has 0 amide bonds. The summed E-state index contributed by atoms with van der Waals surface area (Å²) >= 11 is 0. The highest BCUT2D eigenvalue weighted by atomic mass is 15.4. The maximum atomic E-state index is 4.07. The van der Waals surface area contributed by atoms with Crippen LogP contribution in [0.2, 0.25) is 0 Å². The van der Waals surface area contributed by atoms with Gasteiger partial charge in [0.25, 0.3) is 0 Å². The fourth-order valence-corrected chi connectivity index (χ4v) is 2.15. The second-order valence-electron chi connectivity index (χ2n) is 4.90. The largest absolute Gasteiger partial charge is 0.379 e. The van der Waals surface area contributed by atoms with Crippen molar-refractivity contribution in [1.29, 1.82) is 0 Å². The predicted molar refractivity (Wildman–Crippen MR) is 81.4 cm³/mol. The smallest absolute Gasteiger partial charge is 0.102 e. The lowest BCUT2D eigenvalue weighted by Crippen LogP contribution is -2.22. The maximum absolute atomic E-state index is 4.07. The molecule has 0 saturated carbocycles. The number of hydrogen-bond donors (Lipinski definition) is 1. The molecule has 1 N–H and O–H groups in total. The molecule has 1 aromatic carbocycles. The highest BCUT2D eigenvalue weighted by Gasteiger charge is 2.03. The van der Waals surface area contributed by atoms with E-state index in [4.69, 9.17) is 0 Å². The van der Waals surface area contributed by atoms with Gasteiger partial charge in [0, 0.05) is 25.5 Å². The topological polar surface area (TPSA) is 46.0 Å². The maximum Gasteiger partial charge on any atom is 0.102 e. The molecule has 0 aliphatic heterocycles. The molecule has 20 heavy (non-hydrogen) atoms. The first-order chi connectivity index (χ1) is 9.71. The second-order valence-corrected chi connectivity index (χ2v) is 4.90. The van der Waals surface area contributed by atoms with Gasteiger partial charge in [-0.1, -0.05) is 31.2 Å². The molecule has 2 aromatic rings. The van der Waals surface area contributed by atoms with Gasteiger partial charge in [-0.15, -0.1) is 5.10 Å². The lowest BCUT2D eigenvalue weighted by atomic mass is 10.2. The minimum atomic E-state index is 0.697. The van der Waals surface area contributed by atoms with E-state index in [-0.39, 0.29) is 0 Å². The standard InChI is InChI=1S/C15H23N5/c1-4-20(5-2)11-13-7-6-8-14(9-13)16-10-15-12-19(3)18-17-15/h6-9,12,16H,4-5,10-11H2,1-3H3. The van der Waals surface area contributed by atoms with Crippen molar-refractivity contribution in [3.05, 3.63) is 41.7 Å². The minimum absolute atomic E-state index is 0.697. The summed E-state index contributed by atoms with van der Waals surface area (Å²) in [4.78, 5) is 2.40. The van der Waals surface area contributed by atoms with E-state index in [1.54, 1.807) is 4.68 Å². The van der Waals surface area contributed by atoms with E-state index >= 15 is 0 Å². The molecule has 0 spiro atoms. The quantitative estimate of drug-likeness (QED) is 0.840. The van der Waals surface area contributed by atoms with E-state index < -0.39 is 0 Å². The molecular formula is C15H23N5. The fraction of sp³-hybridized carbons (Fsp3) is 0.467. The van der Waals surface area contributed by atoms with Crippen LogP contribution in [0.5, 0.6) is 0 Å². The van der Waals surface area contributed by atoms with E-state index in [2.05, 4.69) is 58.6 Å². The number of rotatable bonds is 7. The Hall–Kier alpha value is -1.88. The van der Waals surface area contributed by atoms with Gasteiger partial charge in [0.1, 0.15) is 5.69 Å². The Labute approximate surface area is 120 Å². The van der Waals surface area contributed by atoms with Crippen LogP contribution < -0.4 is 5.32 Å². The highest BCUT2D eigenvalue weighted by molar-refractivity contribution is 5.45. The summed E-state index contributed by atoms with van der Waals surface area (Å²) in [5, 5.41) is 11.4. The third kappa shape index (κ3) is 4.06.